The summed E-state index contributed by atoms with van der Waals surface area (Å²) in [4.78, 5) is 27.4. The minimum Gasteiger partial charge on any atom is -0.496 e. The van der Waals surface area contributed by atoms with Crippen LogP contribution in [-0.2, 0) is 4.79 Å². The molecule has 0 unspecified atom stereocenters. The van der Waals surface area contributed by atoms with Gasteiger partial charge in [0.2, 0.25) is 5.91 Å². The van der Waals surface area contributed by atoms with E-state index >= 15 is 0 Å². The summed E-state index contributed by atoms with van der Waals surface area (Å²) >= 11 is 18.1. The Hall–Kier alpha value is -2.15. The predicted molar refractivity (Wildman–Crippen MR) is 118 cm³/mol. The van der Waals surface area contributed by atoms with E-state index in [1.165, 1.54) is 26.4 Å². The van der Waals surface area contributed by atoms with Gasteiger partial charge in [0.25, 0.3) is 5.91 Å². The van der Waals surface area contributed by atoms with Crippen molar-refractivity contribution in [3.05, 3.63) is 51.0 Å². The Labute approximate surface area is 190 Å². The zero-order chi connectivity index (χ0) is 21.8. The lowest BCUT2D eigenvalue weighted by Gasteiger charge is -2.32. The topological polar surface area (TPSA) is 67.9 Å². The zero-order valence-corrected chi connectivity index (χ0v) is 18.8. The number of benzene rings is 2. The number of carbonyl (C=O) groups is 2. The molecule has 0 aromatic heterocycles. The first-order chi connectivity index (χ1) is 14.3. The molecule has 1 N–H and O–H groups in total. The number of nitrogens with one attached hydrogen (secondary N) is 1. The van der Waals surface area contributed by atoms with E-state index in [9.17, 15) is 9.59 Å². The lowest BCUT2D eigenvalue weighted by molar-refractivity contribution is -0.121. The van der Waals surface area contributed by atoms with Gasteiger partial charge in [-0.2, -0.15) is 0 Å². The van der Waals surface area contributed by atoms with E-state index in [2.05, 4.69) is 5.32 Å². The van der Waals surface area contributed by atoms with Crippen LogP contribution in [0.4, 0.5) is 5.69 Å². The van der Waals surface area contributed by atoms with Gasteiger partial charge in [0.15, 0.2) is 0 Å². The molecule has 6 nitrogen and oxygen atoms in total. The van der Waals surface area contributed by atoms with Crippen molar-refractivity contribution in [1.82, 2.24) is 4.90 Å². The van der Waals surface area contributed by atoms with Crippen LogP contribution in [0.2, 0.25) is 15.1 Å². The number of piperidine rings is 1. The Morgan fingerprint density at radius 1 is 0.967 bits per heavy atom. The highest BCUT2D eigenvalue weighted by molar-refractivity contribution is 6.44. The highest BCUT2D eigenvalue weighted by Gasteiger charge is 2.30. The van der Waals surface area contributed by atoms with Crippen molar-refractivity contribution in [2.45, 2.75) is 12.8 Å². The molecule has 2 aromatic rings. The standard InChI is InChI=1S/C21H21Cl3N2O4/c1-29-17-4-3-5-18(30-2)19(17)21(28)26-8-6-12(7-9-26)20(27)25-16-11-14(23)13(22)10-15(16)24/h3-5,10-12H,6-9H2,1-2H3,(H,25,27). The number of halogens is 3. The van der Waals surface area contributed by atoms with Crippen molar-refractivity contribution in [1.29, 1.82) is 0 Å². The molecule has 160 valence electrons. The summed E-state index contributed by atoms with van der Waals surface area (Å²) in [5, 5.41) is 3.74. The molecule has 0 bridgehead atoms. The molecule has 0 atom stereocenters. The van der Waals surface area contributed by atoms with Crippen molar-refractivity contribution < 1.29 is 19.1 Å². The number of rotatable bonds is 5. The van der Waals surface area contributed by atoms with E-state index in [1.54, 1.807) is 23.1 Å². The first-order valence-corrected chi connectivity index (χ1v) is 10.4. The number of ether oxygens (including phenoxy) is 2. The van der Waals surface area contributed by atoms with Gasteiger partial charge in [0.1, 0.15) is 17.1 Å². The minimum atomic E-state index is -0.251. The summed E-state index contributed by atoms with van der Waals surface area (Å²) in [6.45, 7) is 0.875. The molecule has 1 aliphatic rings. The summed E-state index contributed by atoms with van der Waals surface area (Å²) in [6.07, 6.45) is 1.04. The molecule has 0 aliphatic carbocycles. The summed E-state index contributed by atoms with van der Waals surface area (Å²) in [5.74, 6) is 0.300. The third kappa shape index (κ3) is 4.77. The van der Waals surface area contributed by atoms with Crippen LogP contribution in [0, 0.1) is 5.92 Å². The second-order valence-electron chi connectivity index (χ2n) is 6.84. The quantitative estimate of drug-likeness (QED) is 0.612. The largest absolute Gasteiger partial charge is 0.496 e. The van der Waals surface area contributed by atoms with Gasteiger partial charge >= 0.3 is 0 Å². The molecule has 1 aliphatic heterocycles. The first kappa shape index (κ1) is 22.5. The minimum absolute atomic E-state index is 0.169. The van der Waals surface area contributed by atoms with E-state index in [0.717, 1.165) is 0 Å². The Morgan fingerprint density at radius 3 is 2.10 bits per heavy atom. The molecule has 0 radical (unpaired) electrons. The van der Waals surface area contributed by atoms with Crippen molar-refractivity contribution >= 4 is 52.3 Å². The lowest BCUT2D eigenvalue weighted by Crippen LogP contribution is -2.41. The fourth-order valence-electron chi connectivity index (χ4n) is 3.42. The van der Waals surface area contributed by atoms with Crippen LogP contribution in [0.3, 0.4) is 0 Å². The molecule has 9 heteroatoms. The first-order valence-electron chi connectivity index (χ1n) is 9.31. The molecule has 3 rings (SSSR count). The highest BCUT2D eigenvalue weighted by atomic mass is 35.5. The van der Waals surface area contributed by atoms with Crippen molar-refractivity contribution in [3.63, 3.8) is 0 Å². The number of amides is 2. The summed E-state index contributed by atoms with van der Waals surface area (Å²) < 4.78 is 10.7. The molecule has 2 aromatic carbocycles. The fourth-order valence-corrected chi connectivity index (χ4v) is 4.01. The second kappa shape index (κ2) is 9.77. The van der Waals surface area contributed by atoms with Crippen LogP contribution in [0.5, 0.6) is 11.5 Å². The van der Waals surface area contributed by atoms with Crippen LogP contribution in [-0.4, -0.2) is 44.0 Å². The van der Waals surface area contributed by atoms with Crippen molar-refractivity contribution in [2.24, 2.45) is 5.92 Å². The Balaban J connectivity index is 1.66. The zero-order valence-electron chi connectivity index (χ0n) is 16.5. The van der Waals surface area contributed by atoms with Crippen LogP contribution in [0.15, 0.2) is 30.3 Å². The van der Waals surface area contributed by atoms with Gasteiger partial charge in [-0.15, -0.1) is 0 Å². The Kier molecular flexibility index (Phi) is 7.34. The maximum Gasteiger partial charge on any atom is 0.261 e. The average Bonchev–Trinajstić information content (AvgIpc) is 2.76. The van der Waals surface area contributed by atoms with E-state index in [0.29, 0.717) is 63.7 Å². The van der Waals surface area contributed by atoms with Crippen LogP contribution < -0.4 is 14.8 Å². The molecular formula is C21H21Cl3N2O4. The predicted octanol–water partition coefficient (Wildman–Crippen LogP) is 5.15. The normalized spacial score (nSPS) is 14.4. The smallest absolute Gasteiger partial charge is 0.261 e. The molecule has 1 heterocycles. The SMILES string of the molecule is COc1cccc(OC)c1C(=O)N1CCC(C(=O)Nc2cc(Cl)c(Cl)cc2Cl)CC1. The summed E-state index contributed by atoms with van der Waals surface area (Å²) in [6, 6.07) is 8.22. The van der Waals surface area contributed by atoms with Gasteiger partial charge in [-0.25, -0.2) is 0 Å². The Morgan fingerprint density at radius 2 is 1.53 bits per heavy atom. The van der Waals surface area contributed by atoms with Gasteiger partial charge in [-0.1, -0.05) is 40.9 Å². The molecule has 1 saturated heterocycles. The molecule has 0 spiro atoms. The third-order valence-electron chi connectivity index (χ3n) is 5.06. The second-order valence-corrected chi connectivity index (χ2v) is 8.06. The van der Waals surface area contributed by atoms with Gasteiger partial charge in [0, 0.05) is 19.0 Å². The number of carbonyl (C=O) groups excluding carboxylic acids is 2. The van der Waals surface area contributed by atoms with Gasteiger partial charge in [0.05, 0.1) is 35.0 Å². The Bertz CT molecular complexity index is 937. The number of nitrogens with zero attached hydrogens (tertiary/aromatic N) is 1. The number of anilines is 1. The van der Waals surface area contributed by atoms with E-state index in [1.807, 2.05) is 0 Å². The van der Waals surface area contributed by atoms with E-state index < -0.39 is 0 Å². The maximum absolute atomic E-state index is 13.1. The molecule has 0 saturated carbocycles. The number of methoxy groups -OCH3 is 2. The van der Waals surface area contributed by atoms with Gasteiger partial charge in [-0.05, 0) is 37.1 Å². The number of hydrogen-bond acceptors (Lipinski definition) is 4. The summed E-state index contributed by atoms with van der Waals surface area (Å²) in [7, 11) is 3.02. The number of hydrogen-bond donors (Lipinski definition) is 1. The maximum atomic E-state index is 13.1. The molecule has 1 fully saturated rings. The number of likely N-dealkylation sites (tertiary alicyclic amines) is 1. The van der Waals surface area contributed by atoms with Crippen LogP contribution in [0.1, 0.15) is 23.2 Å². The van der Waals surface area contributed by atoms with Crippen molar-refractivity contribution in [3.8, 4) is 11.5 Å². The highest BCUT2D eigenvalue weighted by Crippen LogP contribution is 2.34. The fraction of sp³-hybridized carbons (Fsp3) is 0.333. The van der Waals surface area contributed by atoms with Gasteiger partial charge in [-0.3, -0.25) is 9.59 Å². The lowest BCUT2D eigenvalue weighted by atomic mass is 9.95. The molecule has 2 amide bonds. The van der Waals surface area contributed by atoms with E-state index in [4.69, 9.17) is 44.3 Å². The molecule has 30 heavy (non-hydrogen) atoms. The monoisotopic (exact) mass is 470 g/mol. The van der Waals surface area contributed by atoms with Crippen molar-refractivity contribution in [2.75, 3.05) is 32.6 Å². The van der Waals surface area contributed by atoms with Gasteiger partial charge < -0.3 is 19.7 Å². The van der Waals surface area contributed by atoms with Crippen LogP contribution >= 0.6 is 34.8 Å². The van der Waals surface area contributed by atoms with Crippen LogP contribution in [0.25, 0.3) is 0 Å². The average molecular weight is 472 g/mol. The molecular weight excluding hydrogens is 451 g/mol. The van der Waals surface area contributed by atoms with E-state index in [-0.39, 0.29) is 17.7 Å². The third-order valence-corrected chi connectivity index (χ3v) is 6.10. The summed E-state index contributed by atoms with van der Waals surface area (Å²) in [5.41, 5.74) is 0.793.